The summed E-state index contributed by atoms with van der Waals surface area (Å²) in [5.74, 6) is 0.632. The van der Waals surface area contributed by atoms with Gasteiger partial charge in [0.1, 0.15) is 11.9 Å². The molecule has 0 saturated carbocycles. The number of aromatic nitrogens is 1. The fourth-order valence-corrected chi connectivity index (χ4v) is 2.57. The monoisotopic (exact) mass is 314 g/mol. The zero-order chi connectivity index (χ0) is 12.4. The van der Waals surface area contributed by atoms with Gasteiger partial charge in [-0.25, -0.2) is 4.98 Å². The van der Waals surface area contributed by atoms with Crippen molar-refractivity contribution in [1.82, 2.24) is 4.98 Å². The summed E-state index contributed by atoms with van der Waals surface area (Å²) in [5, 5.41) is 10.7. The van der Waals surface area contributed by atoms with Crippen LogP contribution in [-0.2, 0) is 0 Å². The number of halogens is 1. The second kappa shape index (κ2) is 5.03. The first-order valence-corrected chi connectivity index (χ1v) is 6.45. The lowest BCUT2D eigenvalue weighted by Crippen LogP contribution is -2.00. The number of thiazole rings is 1. The van der Waals surface area contributed by atoms with Crippen molar-refractivity contribution in [3.05, 3.63) is 39.3 Å². The van der Waals surface area contributed by atoms with E-state index in [-0.39, 0.29) is 0 Å². The summed E-state index contributed by atoms with van der Waals surface area (Å²) >= 11 is 4.63. The summed E-state index contributed by atoms with van der Waals surface area (Å²) in [6.07, 6.45) is 0.794. The van der Waals surface area contributed by atoms with E-state index in [1.54, 1.807) is 19.4 Å². The van der Waals surface area contributed by atoms with Crippen molar-refractivity contribution in [1.29, 1.82) is 0 Å². The molecule has 0 radical (unpaired) electrons. The van der Waals surface area contributed by atoms with E-state index in [0.29, 0.717) is 21.3 Å². The zero-order valence-corrected chi connectivity index (χ0v) is 11.5. The first-order valence-electron chi connectivity index (χ1n) is 4.84. The molecule has 1 atom stereocenters. The summed E-state index contributed by atoms with van der Waals surface area (Å²) in [7, 11) is 1.57. The van der Waals surface area contributed by atoms with Crippen molar-refractivity contribution in [2.45, 2.75) is 6.10 Å². The Morgan fingerprint density at radius 3 is 2.88 bits per heavy atom. The van der Waals surface area contributed by atoms with E-state index in [9.17, 15) is 5.11 Å². The van der Waals surface area contributed by atoms with Gasteiger partial charge in [0.25, 0.3) is 0 Å². The number of nitrogens with two attached hydrogens (primary N) is 1. The average molecular weight is 315 g/mol. The molecule has 17 heavy (non-hydrogen) atoms. The number of aliphatic hydroxyl groups excluding tert-OH is 1. The van der Waals surface area contributed by atoms with E-state index >= 15 is 0 Å². The van der Waals surface area contributed by atoms with Crippen LogP contribution in [0.3, 0.4) is 0 Å². The van der Waals surface area contributed by atoms with Gasteiger partial charge in [-0.05, 0) is 18.2 Å². The number of hydrogen-bond acceptors (Lipinski definition) is 5. The van der Waals surface area contributed by atoms with Gasteiger partial charge in [-0.1, -0.05) is 27.3 Å². The van der Waals surface area contributed by atoms with Crippen molar-refractivity contribution in [3.8, 4) is 5.75 Å². The van der Waals surface area contributed by atoms with E-state index in [0.717, 1.165) is 4.47 Å². The smallest absolute Gasteiger partial charge is 0.180 e. The van der Waals surface area contributed by atoms with Crippen molar-refractivity contribution in [2.75, 3.05) is 12.8 Å². The predicted octanol–water partition coefficient (Wildman–Crippen LogP) is 2.58. The largest absolute Gasteiger partial charge is 0.496 e. The number of aliphatic hydroxyl groups is 1. The molecule has 0 bridgehead atoms. The first-order chi connectivity index (χ1) is 8.11. The maximum Gasteiger partial charge on any atom is 0.180 e. The van der Waals surface area contributed by atoms with E-state index in [4.69, 9.17) is 10.5 Å². The Morgan fingerprint density at radius 1 is 1.53 bits per heavy atom. The van der Waals surface area contributed by atoms with Crippen LogP contribution in [0.5, 0.6) is 5.75 Å². The average Bonchev–Trinajstić information content (AvgIpc) is 2.75. The third-order valence-electron chi connectivity index (χ3n) is 2.30. The highest BCUT2D eigenvalue weighted by molar-refractivity contribution is 9.10. The normalized spacial score (nSPS) is 12.4. The molecule has 0 aliphatic rings. The third kappa shape index (κ3) is 2.59. The molecule has 0 saturated heterocycles. The minimum Gasteiger partial charge on any atom is -0.496 e. The summed E-state index contributed by atoms with van der Waals surface area (Å²) in [4.78, 5) is 4.62. The number of hydrogen-bond donors (Lipinski definition) is 2. The number of nitrogen functional groups attached to an aromatic ring is 1. The lowest BCUT2D eigenvalue weighted by atomic mass is 10.1. The van der Waals surface area contributed by atoms with Crippen LogP contribution in [0.25, 0.3) is 0 Å². The number of rotatable bonds is 3. The van der Waals surface area contributed by atoms with E-state index in [1.165, 1.54) is 11.3 Å². The van der Waals surface area contributed by atoms with Gasteiger partial charge in [-0.2, -0.15) is 0 Å². The molecular weight excluding hydrogens is 304 g/mol. The molecular formula is C11H11BrN2O2S. The molecule has 0 fully saturated rings. The second-order valence-electron chi connectivity index (χ2n) is 3.39. The van der Waals surface area contributed by atoms with Gasteiger partial charge in [0, 0.05) is 16.2 Å². The van der Waals surface area contributed by atoms with Crippen molar-refractivity contribution < 1.29 is 9.84 Å². The fraction of sp³-hybridized carbons (Fsp3) is 0.182. The molecule has 2 aromatic rings. The van der Waals surface area contributed by atoms with Crippen LogP contribution in [0.2, 0.25) is 0 Å². The minimum absolute atomic E-state index is 0.438. The lowest BCUT2D eigenvalue weighted by Gasteiger charge is -2.13. The van der Waals surface area contributed by atoms with E-state index in [2.05, 4.69) is 20.9 Å². The Labute approximate surface area is 111 Å². The summed E-state index contributed by atoms with van der Waals surface area (Å²) in [5.41, 5.74) is 6.24. The summed E-state index contributed by atoms with van der Waals surface area (Å²) in [6, 6.07) is 5.47. The molecule has 6 heteroatoms. The predicted molar refractivity (Wildman–Crippen MR) is 71.3 cm³/mol. The molecule has 4 nitrogen and oxygen atoms in total. The molecule has 2 rings (SSSR count). The molecule has 0 aliphatic heterocycles. The molecule has 90 valence electrons. The van der Waals surface area contributed by atoms with Gasteiger partial charge < -0.3 is 15.6 Å². The minimum atomic E-state index is -0.780. The molecule has 1 heterocycles. The molecule has 3 N–H and O–H groups in total. The second-order valence-corrected chi connectivity index (χ2v) is 5.40. The summed E-state index contributed by atoms with van der Waals surface area (Å²) in [6.45, 7) is 0. The Balaban J connectivity index is 2.42. The van der Waals surface area contributed by atoms with Gasteiger partial charge >= 0.3 is 0 Å². The number of methoxy groups -OCH3 is 1. The first kappa shape index (κ1) is 12.3. The van der Waals surface area contributed by atoms with Gasteiger partial charge in [-0.15, -0.1) is 0 Å². The topological polar surface area (TPSA) is 68.4 Å². The molecule has 1 aromatic heterocycles. The zero-order valence-electron chi connectivity index (χ0n) is 9.05. The van der Waals surface area contributed by atoms with Crippen LogP contribution in [0.1, 0.15) is 16.5 Å². The van der Waals surface area contributed by atoms with Gasteiger partial charge in [-0.3, -0.25) is 0 Å². The standard InChI is InChI=1S/C11H11BrN2O2S/c1-16-8-3-2-6(12)4-7(8)10(15)9-5-14-11(13)17-9/h2-5,10,15H,1H3,(H2,13,14). The third-order valence-corrected chi connectivity index (χ3v) is 3.67. The van der Waals surface area contributed by atoms with Gasteiger partial charge in [0.05, 0.1) is 12.0 Å². The molecule has 1 aromatic carbocycles. The Morgan fingerprint density at radius 2 is 2.29 bits per heavy atom. The quantitative estimate of drug-likeness (QED) is 0.913. The van der Waals surface area contributed by atoms with Crippen molar-refractivity contribution in [3.63, 3.8) is 0 Å². The van der Waals surface area contributed by atoms with Crippen LogP contribution >= 0.6 is 27.3 Å². The highest BCUT2D eigenvalue weighted by Gasteiger charge is 2.18. The number of nitrogens with zero attached hydrogens (tertiary/aromatic N) is 1. The van der Waals surface area contributed by atoms with Crippen LogP contribution in [0, 0.1) is 0 Å². The van der Waals surface area contributed by atoms with Crippen molar-refractivity contribution >= 4 is 32.4 Å². The van der Waals surface area contributed by atoms with E-state index in [1.807, 2.05) is 12.1 Å². The molecule has 0 amide bonds. The van der Waals surface area contributed by atoms with Crippen LogP contribution < -0.4 is 10.5 Å². The number of ether oxygens (including phenoxy) is 1. The molecule has 1 unspecified atom stereocenters. The van der Waals surface area contributed by atoms with E-state index < -0.39 is 6.10 Å². The maximum atomic E-state index is 10.3. The highest BCUT2D eigenvalue weighted by Crippen LogP contribution is 2.34. The van der Waals surface area contributed by atoms with Gasteiger partial charge in [0.15, 0.2) is 5.13 Å². The van der Waals surface area contributed by atoms with Gasteiger partial charge in [0.2, 0.25) is 0 Å². The van der Waals surface area contributed by atoms with Crippen LogP contribution in [0.4, 0.5) is 5.13 Å². The molecule has 0 spiro atoms. The van der Waals surface area contributed by atoms with Crippen LogP contribution in [-0.4, -0.2) is 17.2 Å². The highest BCUT2D eigenvalue weighted by atomic mass is 79.9. The Hall–Kier alpha value is -1.11. The maximum absolute atomic E-state index is 10.3. The number of anilines is 1. The molecule has 0 aliphatic carbocycles. The number of benzene rings is 1. The van der Waals surface area contributed by atoms with Crippen molar-refractivity contribution in [2.24, 2.45) is 0 Å². The Kier molecular flexibility index (Phi) is 3.66. The summed E-state index contributed by atoms with van der Waals surface area (Å²) < 4.78 is 6.10. The SMILES string of the molecule is COc1ccc(Br)cc1C(O)c1cnc(N)s1. The van der Waals surface area contributed by atoms with Crippen LogP contribution in [0.15, 0.2) is 28.9 Å². The Bertz CT molecular complexity index is 530. The lowest BCUT2D eigenvalue weighted by molar-refractivity contribution is 0.218. The fourth-order valence-electron chi connectivity index (χ4n) is 1.50.